The number of para-hydroxylation sites is 1. The molecule has 1 N–H and O–H groups in total. The number of ether oxygens (including phenoxy) is 1. The Balaban J connectivity index is 1.78. The Morgan fingerprint density at radius 3 is 2.75 bits per heavy atom. The summed E-state index contributed by atoms with van der Waals surface area (Å²) in [6, 6.07) is 13.3. The number of benzene rings is 1. The maximum Gasteiger partial charge on any atom is 0.262 e. The molecule has 28 heavy (non-hydrogen) atoms. The molecule has 0 saturated carbocycles. The highest BCUT2D eigenvalue weighted by Gasteiger charge is 2.16. The number of aryl methyl sites for hydroxylation is 1. The van der Waals surface area contributed by atoms with Crippen LogP contribution in [0.2, 0.25) is 0 Å². The third-order valence-corrected chi connectivity index (χ3v) is 4.51. The van der Waals surface area contributed by atoms with Crippen molar-refractivity contribution in [2.45, 2.75) is 26.8 Å². The summed E-state index contributed by atoms with van der Waals surface area (Å²) in [7, 11) is 0. The number of nitrogens with one attached hydrogen (secondary N) is 1. The normalized spacial score (nSPS) is 11.1. The fourth-order valence-corrected chi connectivity index (χ4v) is 3.10. The first kappa shape index (κ1) is 17.9. The Kier molecular flexibility index (Phi) is 4.89. The molecule has 0 bridgehead atoms. The quantitative estimate of drug-likeness (QED) is 0.559. The van der Waals surface area contributed by atoms with E-state index in [0.29, 0.717) is 35.8 Å². The molecule has 1 aromatic carbocycles. The van der Waals surface area contributed by atoms with Gasteiger partial charge in [0.25, 0.3) is 5.56 Å². The summed E-state index contributed by atoms with van der Waals surface area (Å²) in [5.74, 6) is 1.14. The standard InChI is InChI=1S/C21H21N5O2/c1-3-12-28-17-10-5-4-9-16(17)19-23-20-18(21(27)24-19)14(2)26(25-20)13-15-8-6-7-11-22-15/h4-11H,3,12-13H2,1-2H3,(H,23,24,25,27). The summed E-state index contributed by atoms with van der Waals surface area (Å²) in [5.41, 5.74) is 2.57. The Morgan fingerprint density at radius 2 is 1.96 bits per heavy atom. The molecule has 0 spiro atoms. The van der Waals surface area contributed by atoms with Gasteiger partial charge in [-0.1, -0.05) is 25.1 Å². The average Bonchev–Trinajstić information content (AvgIpc) is 3.03. The van der Waals surface area contributed by atoms with Crippen LogP contribution < -0.4 is 10.3 Å². The molecule has 7 nitrogen and oxygen atoms in total. The molecule has 0 amide bonds. The summed E-state index contributed by atoms with van der Waals surface area (Å²) >= 11 is 0. The molecule has 142 valence electrons. The van der Waals surface area contributed by atoms with Gasteiger partial charge in [0.1, 0.15) is 17.0 Å². The molecule has 4 rings (SSSR count). The van der Waals surface area contributed by atoms with Gasteiger partial charge < -0.3 is 9.72 Å². The lowest BCUT2D eigenvalue weighted by Crippen LogP contribution is -2.10. The Bertz CT molecular complexity index is 1160. The highest BCUT2D eigenvalue weighted by molar-refractivity contribution is 5.79. The lowest BCUT2D eigenvalue weighted by atomic mass is 10.2. The number of pyridine rings is 1. The van der Waals surface area contributed by atoms with Gasteiger partial charge in [0.2, 0.25) is 0 Å². The number of hydrogen-bond donors (Lipinski definition) is 1. The van der Waals surface area contributed by atoms with E-state index in [9.17, 15) is 4.79 Å². The smallest absolute Gasteiger partial charge is 0.262 e. The zero-order valence-corrected chi connectivity index (χ0v) is 15.8. The summed E-state index contributed by atoms with van der Waals surface area (Å²) in [4.78, 5) is 24.6. The van der Waals surface area contributed by atoms with Crippen LogP contribution in [0.25, 0.3) is 22.4 Å². The fraction of sp³-hybridized carbons (Fsp3) is 0.238. The summed E-state index contributed by atoms with van der Waals surface area (Å²) in [6.45, 7) is 4.99. The van der Waals surface area contributed by atoms with Crippen LogP contribution in [0.4, 0.5) is 0 Å². The minimum Gasteiger partial charge on any atom is -0.493 e. The second-order valence-corrected chi connectivity index (χ2v) is 6.52. The van der Waals surface area contributed by atoms with E-state index in [1.165, 1.54) is 0 Å². The zero-order valence-electron chi connectivity index (χ0n) is 15.8. The molecule has 0 aliphatic rings. The Morgan fingerprint density at radius 1 is 1.14 bits per heavy atom. The third-order valence-electron chi connectivity index (χ3n) is 4.51. The first-order valence-corrected chi connectivity index (χ1v) is 9.27. The Hall–Kier alpha value is -3.48. The van der Waals surface area contributed by atoms with E-state index >= 15 is 0 Å². The van der Waals surface area contributed by atoms with E-state index in [-0.39, 0.29) is 5.56 Å². The number of aromatic nitrogens is 5. The summed E-state index contributed by atoms with van der Waals surface area (Å²) in [5, 5.41) is 5.04. The minimum atomic E-state index is -0.213. The molecule has 0 saturated heterocycles. The van der Waals surface area contributed by atoms with Crippen LogP contribution in [-0.4, -0.2) is 31.3 Å². The molecule has 0 atom stereocenters. The number of nitrogens with zero attached hydrogens (tertiary/aromatic N) is 4. The van der Waals surface area contributed by atoms with E-state index < -0.39 is 0 Å². The zero-order chi connectivity index (χ0) is 19.5. The highest BCUT2D eigenvalue weighted by atomic mass is 16.5. The van der Waals surface area contributed by atoms with Crippen molar-refractivity contribution < 1.29 is 4.74 Å². The van der Waals surface area contributed by atoms with Gasteiger partial charge in [-0.25, -0.2) is 4.98 Å². The van der Waals surface area contributed by atoms with Gasteiger partial charge in [0.05, 0.1) is 30.1 Å². The lowest BCUT2D eigenvalue weighted by Gasteiger charge is -2.09. The van der Waals surface area contributed by atoms with Crippen molar-refractivity contribution in [2.24, 2.45) is 0 Å². The van der Waals surface area contributed by atoms with Crippen molar-refractivity contribution in [1.29, 1.82) is 0 Å². The van der Waals surface area contributed by atoms with E-state index in [1.807, 2.05) is 56.3 Å². The second kappa shape index (κ2) is 7.64. The van der Waals surface area contributed by atoms with Crippen molar-refractivity contribution in [3.63, 3.8) is 0 Å². The third kappa shape index (κ3) is 3.38. The molecule has 0 aliphatic carbocycles. The molecule has 0 radical (unpaired) electrons. The van der Waals surface area contributed by atoms with Crippen LogP contribution in [0.1, 0.15) is 24.7 Å². The van der Waals surface area contributed by atoms with Gasteiger partial charge in [-0.2, -0.15) is 5.10 Å². The number of fused-ring (bicyclic) bond motifs is 1. The average molecular weight is 375 g/mol. The van der Waals surface area contributed by atoms with E-state index in [1.54, 1.807) is 10.9 Å². The largest absolute Gasteiger partial charge is 0.493 e. The van der Waals surface area contributed by atoms with Crippen LogP contribution in [-0.2, 0) is 6.54 Å². The topological polar surface area (TPSA) is 85.7 Å². The molecular formula is C21H21N5O2. The van der Waals surface area contributed by atoms with Crippen LogP contribution in [0, 0.1) is 6.92 Å². The van der Waals surface area contributed by atoms with Crippen molar-refractivity contribution in [3.8, 4) is 17.1 Å². The van der Waals surface area contributed by atoms with E-state index in [4.69, 9.17) is 4.74 Å². The van der Waals surface area contributed by atoms with Gasteiger partial charge in [-0.05, 0) is 37.6 Å². The van der Waals surface area contributed by atoms with E-state index in [0.717, 1.165) is 23.4 Å². The number of rotatable bonds is 6. The van der Waals surface area contributed by atoms with Crippen molar-refractivity contribution >= 4 is 11.0 Å². The molecule has 3 aromatic heterocycles. The van der Waals surface area contributed by atoms with Gasteiger partial charge >= 0.3 is 0 Å². The predicted octanol–water partition coefficient (Wildman–Crippen LogP) is 3.33. The van der Waals surface area contributed by atoms with Gasteiger partial charge in [0, 0.05) is 6.20 Å². The Labute approximate surface area is 162 Å². The van der Waals surface area contributed by atoms with Crippen LogP contribution in [0.5, 0.6) is 5.75 Å². The fourth-order valence-electron chi connectivity index (χ4n) is 3.10. The lowest BCUT2D eigenvalue weighted by molar-refractivity contribution is 0.318. The first-order chi connectivity index (χ1) is 13.7. The van der Waals surface area contributed by atoms with Gasteiger partial charge in [-0.3, -0.25) is 14.5 Å². The van der Waals surface area contributed by atoms with Crippen molar-refractivity contribution in [2.75, 3.05) is 6.61 Å². The minimum absolute atomic E-state index is 0.213. The van der Waals surface area contributed by atoms with Crippen molar-refractivity contribution in [1.82, 2.24) is 24.7 Å². The number of hydrogen-bond acceptors (Lipinski definition) is 5. The monoisotopic (exact) mass is 375 g/mol. The SMILES string of the molecule is CCCOc1ccccc1-c1nc2nn(Cc3ccccn3)c(C)c2c(=O)[nH]1. The first-order valence-electron chi connectivity index (χ1n) is 9.27. The second-order valence-electron chi connectivity index (χ2n) is 6.52. The van der Waals surface area contributed by atoms with Crippen molar-refractivity contribution in [3.05, 3.63) is 70.4 Å². The molecule has 0 fully saturated rings. The maximum absolute atomic E-state index is 12.8. The molecule has 3 heterocycles. The van der Waals surface area contributed by atoms with Crippen LogP contribution in [0.3, 0.4) is 0 Å². The molecule has 7 heteroatoms. The number of aromatic amines is 1. The molecular weight excluding hydrogens is 354 g/mol. The maximum atomic E-state index is 12.8. The number of H-pyrrole nitrogens is 1. The highest BCUT2D eigenvalue weighted by Crippen LogP contribution is 2.27. The van der Waals surface area contributed by atoms with E-state index in [2.05, 4.69) is 20.1 Å². The molecule has 4 aromatic rings. The van der Waals surface area contributed by atoms with Gasteiger partial charge in [-0.15, -0.1) is 0 Å². The van der Waals surface area contributed by atoms with Crippen LogP contribution >= 0.6 is 0 Å². The molecule has 0 unspecified atom stereocenters. The summed E-state index contributed by atoms with van der Waals surface area (Å²) < 4.78 is 7.57. The van der Waals surface area contributed by atoms with Gasteiger partial charge in [0.15, 0.2) is 5.65 Å². The predicted molar refractivity (Wildman–Crippen MR) is 107 cm³/mol. The summed E-state index contributed by atoms with van der Waals surface area (Å²) in [6.07, 6.45) is 2.64. The molecule has 0 aliphatic heterocycles. The van der Waals surface area contributed by atoms with Crippen LogP contribution in [0.15, 0.2) is 53.5 Å².